The highest BCUT2D eigenvalue weighted by atomic mass is 32.1. The lowest BCUT2D eigenvalue weighted by Crippen LogP contribution is -2.26. The minimum absolute atomic E-state index is 0.603. The van der Waals surface area contributed by atoms with Crippen LogP contribution in [0.15, 0.2) is 30.6 Å². The van der Waals surface area contributed by atoms with Crippen LogP contribution in [0.1, 0.15) is 30.1 Å². The van der Waals surface area contributed by atoms with Gasteiger partial charge in [-0.1, -0.05) is 17.4 Å². The molecule has 1 aliphatic heterocycles. The summed E-state index contributed by atoms with van der Waals surface area (Å²) in [5, 5.41) is 9.19. The number of piperidine rings is 1. The number of thiazole rings is 1. The van der Waals surface area contributed by atoms with Gasteiger partial charge < -0.3 is 5.32 Å². The number of hydrogen-bond acceptors (Lipinski definition) is 4. The lowest BCUT2D eigenvalue weighted by atomic mass is 9.95. The van der Waals surface area contributed by atoms with Crippen molar-refractivity contribution in [2.45, 2.75) is 25.7 Å². The summed E-state index contributed by atoms with van der Waals surface area (Å²) in [5.74, 6) is 0.603. The Bertz CT molecular complexity index is 1030. The van der Waals surface area contributed by atoms with Crippen molar-refractivity contribution in [3.05, 3.63) is 42.0 Å². The van der Waals surface area contributed by atoms with Crippen LogP contribution in [0, 0.1) is 6.92 Å². The van der Waals surface area contributed by atoms with E-state index in [2.05, 4.69) is 52.3 Å². The highest BCUT2D eigenvalue weighted by Gasteiger charge is 2.19. The molecule has 128 valence electrons. The fourth-order valence-electron chi connectivity index (χ4n) is 3.74. The van der Waals surface area contributed by atoms with Crippen LogP contribution < -0.4 is 5.32 Å². The molecule has 5 rings (SSSR count). The maximum absolute atomic E-state index is 4.90. The third-order valence-electron chi connectivity index (χ3n) is 5.35. The van der Waals surface area contributed by atoms with Crippen molar-refractivity contribution in [3.63, 3.8) is 0 Å². The van der Waals surface area contributed by atoms with Gasteiger partial charge in [0.1, 0.15) is 0 Å². The third-order valence-corrected chi connectivity index (χ3v) is 6.39. The lowest BCUT2D eigenvalue weighted by Gasteiger charge is -2.20. The number of aryl methyl sites for hydroxylation is 2. The Kier molecular flexibility index (Phi) is 3.43. The Morgan fingerprint density at radius 1 is 1.20 bits per heavy atom. The van der Waals surface area contributed by atoms with E-state index in [9.17, 15) is 0 Å². The summed E-state index contributed by atoms with van der Waals surface area (Å²) in [5.41, 5.74) is 4.74. The molecule has 0 saturated carbocycles. The average Bonchev–Trinajstić information content (AvgIpc) is 3.28. The molecule has 1 aromatic carbocycles. The first kappa shape index (κ1) is 15.1. The van der Waals surface area contributed by atoms with E-state index in [1.54, 1.807) is 11.3 Å². The Balaban J connectivity index is 1.52. The minimum atomic E-state index is 0.603. The molecule has 5 nitrogen and oxygen atoms in total. The number of nitrogens with one attached hydrogen (secondary N) is 1. The van der Waals surface area contributed by atoms with E-state index in [1.807, 2.05) is 11.7 Å². The molecule has 0 bridgehead atoms. The highest BCUT2D eigenvalue weighted by molar-refractivity contribution is 7.20. The first-order chi connectivity index (χ1) is 12.2. The Labute approximate surface area is 150 Å². The number of hydrogen-bond donors (Lipinski definition) is 1. The van der Waals surface area contributed by atoms with Crippen LogP contribution >= 0.6 is 11.3 Å². The summed E-state index contributed by atoms with van der Waals surface area (Å²) < 4.78 is 4.14. The van der Waals surface area contributed by atoms with Crippen molar-refractivity contribution in [3.8, 4) is 10.4 Å². The number of rotatable bonds is 2. The van der Waals surface area contributed by atoms with Crippen LogP contribution in [0.5, 0.6) is 0 Å². The topological polar surface area (TPSA) is 47.1 Å². The zero-order valence-corrected chi connectivity index (χ0v) is 15.3. The molecule has 0 radical (unpaired) electrons. The zero-order chi connectivity index (χ0) is 17.0. The molecule has 0 aliphatic carbocycles. The molecule has 4 heterocycles. The second kappa shape index (κ2) is 5.68. The summed E-state index contributed by atoms with van der Waals surface area (Å²) in [4.78, 5) is 7.25. The molecule has 0 amide bonds. The molecule has 3 aromatic heterocycles. The van der Waals surface area contributed by atoms with Gasteiger partial charge >= 0.3 is 0 Å². The van der Waals surface area contributed by atoms with Gasteiger partial charge in [0.15, 0.2) is 4.96 Å². The van der Waals surface area contributed by atoms with E-state index < -0.39 is 0 Å². The van der Waals surface area contributed by atoms with Crippen molar-refractivity contribution in [1.82, 2.24) is 24.5 Å². The molecule has 0 spiro atoms. The molecule has 25 heavy (non-hydrogen) atoms. The maximum atomic E-state index is 4.90. The van der Waals surface area contributed by atoms with Crippen LogP contribution in [0.2, 0.25) is 0 Å². The van der Waals surface area contributed by atoms with E-state index in [0.717, 1.165) is 23.6 Å². The second-order valence-electron chi connectivity index (χ2n) is 6.92. The van der Waals surface area contributed by atoms with Gasteiger partial charge in [-0.25, -0.2) is 4.98 Å². The Morgan fingerprint density at radius 3 is 2.84 bits per heavy atom. The first-order valence-corrected chi connectivity index (χ1v) is 9.63. The smallest absolute Gasteiger partial charge is 0.194 e. The van der Waals surface area contributed by atoms with E-state index in [0.29, 0.717) is 5.92 Å². The number of nitrogens with zero attached hydrogens (tertiary/aromatic N) is 4. The van der Waals surface area contributed by atoms with Crippen molar-refractivity contribution < 1.29 is 0 Å². The fourth-order valence-corrected chi connectivity index (χ4v) is 4.71. The van der Waals surface area contributed by atoms with E-state index >= 15 is 0 Å². The van der Waals surface area contributed by atoms with Gasteiger partial charge in [0.25, 0.3) is 0 Å². The van der Waals surface area contributed by atoms with Gasteiger partial charge in [-0.05, 0) is 50.6 Å². The predicted molar refractivity (Wildman–Crippen MR) is 102 cm³/mol. The van der Waals surface area contributed by atoms with Gasteiger partial charge in [-0.15, -0.1) is 0 Å². The van der Waals surface area contributed by atoms with E-state index in [1.165, 1.54) is 40.1 Å². The van der Waals surface area contributed by atoms with Crippen molar-refractivity contribution in [1.29, 1.82) is 0 Å². The zero-order valence-electron chi connectivity index (χ0n) is 14.5. The van der Waals surface area contributed by atoms with Gasteiger partial charge in [-0.2, -0.15) is 5.10 Å². The number of fused-ring (bicyclic) bond motifs is 2. The predicted octanol–water partition coefficient (Wildman–Crippen LogP) is 3.72. The average molecular weight is 351 g/mol. The molecule has 0 unspecified atom stereocenters. The molecular formula is C19H21N5S. The second-order valence-corrected chi connectivity index (χ2v) is 7.93. The molecule has 1 fully saturated rings. The number of imidazole rings is 1. The van der Waals surface area contributed by atoms with Crippen LogP contribution in [0.4, 0.5) is 0 Å². The number of benzene rings is 1. The SMILES string of the molecule is Cc1c2cc(-c3cn4cc(C5CCNCC5)nc4s3)ccc2nn1C. The molecule has 1 N–H and O–H groups in total. The van der Waals surface area contributed by atoms with Crippen LogP contribution in [0.25, 0.3) is 26.3 Å². The molecule has 1 aliphatic rings. The molecule has 0 atom stereocenters. The monoisotopic (exact) mass is 351 g/mol. The third kappa shape index (κ3) is 2.48. The quantitative estimate of drug-likeness (QED) is 0.599. The highest BCUT2D eigenvalue weighted by Crippen LogP contribution is 2.33. The molecule has 6 heteroatoms. The summed E-state index contributed by atoms with van der Waals surface area (Å²) in [7, 11) is 2.00. The normalized spacial score (nSPS) is 16.2. The standard InChI is InChI=1S/C19H21N5S/c1-12-15-9-14(3-4-16(15)22-23(12)2)18-11-24-10-17(21-19(24)25-18)13-5-7-20-8-6-13/h3-4,9-11,13,20H,5-8H2,1-2H3. The van der Waals surface area contributed by atoms with Crippen molar-refractivity contribution in [2.75, 3.05) is 13.1 Å². The Hall–Kier alpha value is -2.18. The van der Waals surface area contributed by atoms with Gasteiger partial charge in [0.05, 0.1) is 16.1 Å². The summed E-state index contributed by atoms with van der Waals surface area (Å²) in [6.45, 7) is 4.32. The lowest BCUT2D eigenvalue weighted by molar-refractivity contribution is 0.454. The van der Waals surface area contributed by atoms with Gasteiger partial charge in [0.2, 0.25) is 0 Å². The van der Waals surface area contributed by atoms with Gasteiger partial charge in [0, 0.05) is 36.4 Å². The molecule has 4 aromatic rings. The summed E-state index contributed by atoms with van der Waals surface area (Å²) in [6.07, 6.45) is 6.81. The molecule has 1 saturated heterocycles. The van der Waals surface area contributed by atoms with Crippen LogP contribution in [0.3, 0.4) is 0 Å². The summed E-state index contributed by atoms with van der Waals surface area (Å²) >= 11 is 1.77. The van der Waals surface area contributed by atoms with Crippen LogP contribution in [-0.4, -0.2) is 32.3 Å². The maximum Gasteiger partial charge on any atom is 0.194 e. The first-order valence-electron chi connectivity index (χ1n) is 8.82. The number of aromatic nitrogens is 4. The molecular weight excluding hydrogens is 330 g/mol. The largest absolute Gasteiger partial charge is 0.317 e. The Morgan fingerprint density at radius 2 is 2.04 bits per heavy atom. The minimum Gasteiger partial charge on any atom is -0.317 e. The van der Waals surface area contributed by atoms with E-state index in [4.69, 9.17) is 4.98 Å². The van der Waals surface area contributed by atoms with Gasteiger partial charge in [-0.3, -0.25) is 9.08 Å². The van der Waals surface area contributed by atoms with Crippen molar-refractivity contribution in [2.24, 2.45) is 7.05 Å². The van der Waals surface area contributed by atoms with Crippen LogP contribution in [-0.2, 0) is 7.05 Å². The van der Waals surface area contributed by atoms with E-state index in [-0.39, 0.29) is 0 Å². The van der Waals surface area contributed by atoms with Crippen molar-refractivity contribution >= 4 is 27.2 Å². The summed E-state index contributed by atoms with van der Waals surface area (Å²) in [6, 6.07) is 6.52. The fraction of sp³-hybridized carbons (Fsp3) is 0.368.